The Morgan fingerprint density at radius 1 is 1.33 bits per heavy atom. The second-order valence-electron chi connectivity index (χ2n) is 4.11. The number of Topliss-reactive ketones (excluding diaryl/α,β-unsaturated/α-hetero) is 1. The van der Waals surface area contributed by atoms with Crippen molar-refractivity contribution in [1.29, 1.82) is 0 Å². The third-order valence-electron chi connectivity index (χ3n) is 2.73. The fourth-order valence-electron chi connectivity index (χ4n) is 1.74. The average molecular weight is 374 g/mol. The molecule has 6 heteroatoms. The molecule has 0 saturated carbocycles. The molecule has 0 radical (unpaired) electrons. The van der Waals surface area contributed by atoms with E-state index in [1.54, 1.807) is 18.2 Å². The molecule has 3 nitrogen and oxygen atoms in total. The summed E-state index contributed by atoms with van der Waals surface area (Å²) in [4.78, 5) is 12.0. The molecular weight excluding hydrogens is 363 g/mol. The molecule has 0 saturated heterocycles. The van der Waals surface area contributed by atoms with Gasteiger partial charge in [0.2, 0.25) is 5.78 Å². The first-order valence-corrected chi connectivity index (χ1v) is 7.13. The van der Waals surface area contributed by atoms with E-state index in [-0.39, 0.29) is 17.2 Å². The Labute approximate surface area is 134 Å². The Bertz CT molecular complexity index is 676. The van der Waals surface area contributed by atoms with Crippen molar-refractivity contribution < 1.29 is 18.7 Å². The zero-order valence-corrected chi connectivity index (χ0v) is 13.4. The number of halogens is 3. The summed E-state index contributed by atoms with van der Waals surface area (Å²) >= 11 is 8.96. The van der Waals surface area contributed by atoms with E-state index < -0.39 is 11.6 Å². The standard InChI is InChI=1S/C15H11BrClFO3/c1-20-15-11(16)3-2-4-14(15)21-8-13(19)10-6-5-9(17)7-12(10)18/h2-7H,8H2,1H3. The van der Waals surface area contributed by atoms with E-state index in [4.69, 9.17) is 21.1 Å². The summed E-state index contributed by atoms with van der Waals surface area (Å²) in [6.07, 6.45) is 0. The van der Waals surface area contributed by atoms with Crippen LogP contribution in [0, 0.1) is 5.82 Å². The van der Waals surface area contributed by atoms with E-state index in [1.807, 2.05) is 0 Å². The van der Waals surface area contributed by atoms with Crippen LogP contribution in [0.5, 0.6) is 11.5 Å². The lowest BCUT2D eigenvalue weighted by Crippen LogP contribution is -2.13. The summed E-state index contributed by atoms with van der Waals surface area (Å²) in [6, 6.07) is 9.07. The maximum absolute atomic E-state index is 13.6. The molecule has 0 spiro atoms. The van der Waals surface area contributed by atoms with Gasteiger partial charge in [0.05, 0.1) is 17.1 Å². The van der Waals surface area contributed by atoms with Crippen LogP contribution in [0.1, 0.15) is 10.4 Å². The smallest absolute Gasteiger partial charge is 0.203 e. The van der Waals surface area contributed by atoms with Gasteiger partial charge in [-0.05, 0) is 46.3 Å². The fourth-order valence-corrected chi connectivity index (χ4v) is 2.41. The lowest BCUT2D eigenvalue weighted by molar-refractivity contribution is 0.0915. The highest BCUT2D eigenvalue weighted by atomic mass is 79.9. The first-order valence-electron chi connectivity index (χ1n) is 5.96. The predicted molar refractivity (Wildman–Crippen MR) is 81.9 cm³/mol. The van der Waals surface area contributed by atoms with Crippen LogP contribution >= 0.6 is 27.5 Å². The number of hydrogen-bond donors (Lipinski definition) is 0. The molecule has 0 aromatic heterocycles. The Morgan fingerprint density at radius 2 is 2.10 bits per heavy atom. The monoisotopic (exact) mass is 372 g/mol. The van der Waals surface area contributed by atoms with Crippen LogP contribution in [-0.4, -0.2) is 19.5 Å². The van der Waals surface area contributed by atoms with Crippen LogP contribution in [0.4, 0.5) is 4.39 Å². The Balaban J connectivity index is 2.13. The summed E-state index contributed by atoms with van der Waals surface area (Å²) in [5, 5.41) is 0.235. The van der Waals surface area contributed by atoms with Crippen LogP contribution in [-0.2, 0) is 0 Å². The third kappa shape index (κ3) is 3.74. The molecule has 0 bridgehead atoms. The number of ether oxygens (including phenoxy) is 2. The molecule has 2 aromatic rings. The van der Waals surface area contributed by atoms with Crippen molar-refractivity contribution in [2.45, 2.75) is 0 Å². The minimum absolute atomic E-state index is 0.0617. The minimum Gasteiger partial charge on any atom is -0.492 e. The van der Waals surface area contributed by atoms with Crippen LogP contribution < -0.4 is 9.47 Å². The summed E-state index contributed by atoms with van der Waals surface area (Å²) in [7, 11) is 1.49. The van der Waals surface area contributed by atoms with Crippen LogP contribution in [0.2, 0.25) is 5.02 Å². The van der Waals surface area contributed by atoms with Crippen LogP contribution in [0.3, 0.4) is 0 Å². The van der Waals surface area contributed by atoms with Crippen molar-refractivity contribution in [3.8, 4) is 11.5 Å². The number of methoxy groups -OCH3 is 1. The van der Waals surface area contributed by atoms with E-state index in [9.17, 15) is 9.18 Å². The second kappa shape index (κ2) is 6.91. The minimum atomic E-state index is -0.669. The molecule has 2 aromatic carbocycles. The van der Waals surface area contributed by atoms with Gasteiger partial charge in [-0.1, -0.05) is 17.7 Å². The van der Waals surface area contributed by atoms with Gasteiger partial charge in [-0.2, -0.15) is 0 Å². The second-order valence-corrected chi connectivity index (χ2v) is 5.40. The van der Waals surface area contributed by atoms with Crippen molar-refractivity contribution in [2.75, 3.05) is 13.7 Å². The molecule has 21 heavy (non-hydrogen) atoms. The molecule has 0 aliphatic heterocycles. The number of hydrogen-bond acceptors (Lipinski definition) is 3. The third-order valence-corrected chi connectivity index (χ3v) is 3.58. The Morgan fingerprint density at radius 3 is 2.76 bits per heavy atom. The number of benzene rings is 2. The molecule has 0 atom stereocenters. The predicted octanol–water partition coefficient (Wildman–Crippen LogP) is 4.51. The summed E-state index contributed by atoms with van der Waals surface area (Å²) in [6.45, 7) is -0.300. The van der Waals surface area contributed by atoms with E-state index in [0.717, 1.165) is 6.07 Å². The van der Waals surface area contributed by atoms with Gasteiger partial charge >= 0.3 is 0 Å². The van der Waals surface area contributed by atoms with Gasteiger partial charge in [-0.25, -0.2) is 4.39 Å². The number of carbonyl (C=O) groups excluding carboxylic acids is 1. The first kappa shape index (κ1) is 15.8. The summed E-state index contributed by atoms with van der Waals surface area (Å²) in [5.74, 6) is -0.278. The molecule has 2 rings (SSSR count). The zero-order chi connectivity index (χ0) is 15.4. The Hall–Kier alpha value is -1.59. The molecule has 0 unspecified atom stereocenters. The van der Waals surface area contributed by atoms with Gasteiger partial charge in [-0.15, -0.1) is 0 Å². The normalized spacial score (nSPS) is 10.3. The van der Waals surface area contributed by atoms with Gasteiger partial charge in [0.1, 0.15) is 5.82 Å². The highest BCUT2D eigenvalue weighted by Crippen LogP contribution is 2.34. The SMILES string of the molecule is COc1c(Br)cccc1OCC(=O)c1ccc(Cl)cc1F. The van der Waals surface area contributed by atoms with E-state index in [0.29, 0.717) is 16.0 Å². The molecule has 0 heterocycles. The maximum atomic E-state index is 13.6. The number of carbonyl (C=O) groups is 1. The fraction of sp³-hybridized carbons (Fsp3) is 0.133. The average Bonchev–Trinajstić information content (AvgIpc) is 2.44. The number of rotatable bonds is 5. The number of ketones is 1. The zero-order valence-electron chi connectivity index (χ0n) is 11.0. The molecular formula is C15H11BrClFO3. The Kier molecular flexibility index (Phi) is 5.20. The van der Waals surface area contributed by atoms with Crippen molar-refractivity contribution in [1.82, 2.24) is 0 Å². The van der Waals surface area contributed by atoms with Gasteiger partial charge in [-0.3, -0.25) is 4.79 Å². The van der Waals surface area contributed by atoms with Crippen molar-refractivity contribution >= 4 is 33.3 Å². The van der Waals surface area contributed by atoms with E-state index in [1.165, 1.54) is 19.2 Å². The lowest BCUT2D eigenvalue weighted by Gasteiger charge is -2.11. The molecule has 0 amide bonds. The van der Waals surface area contributed by atoms with Crippen molar-refractivity contribution in [2.24, 2.45) is 0 Å². The lowest BCUT2D eigenvalue weighted by atomic mass is 10.1. The van der Waals surface area contributed by atoms with Gasteiger partial charge in [0.15, 0.2) is 18.1 Å². The quantitative estimate of drug-likeness (QED) is 0.723. The maximum Gasteiger partial charge on any atom is 0.203 e. The summed E-state index contributed by atoms with van der Waals surface area (Å²) < 4.78 is 24.9. The highest BCUT2D eigenvalue weighted by molar-refractivity contribution is 9.10. The van der Waals surface area contributed by atoms with Crippen molar-refractivity contribution in [3.05, 3.63) is 57.3 Å². The van der Waals surface area contributed by atoms with Crippen LogP contribution in [0.25, 0.3) is 0 Å². The van der Waals surface area contributed by atoms with E-state index >= 15 is 0 Å². The van der Waals surface area contributed by atoms with Crippen LogP contribution in [0.15, 0.2) is 40.9 Å². The summed E-state index contributed by atoms with van der Waals surface area (Å²) in [5.41, 5.74) is -0.0617. The molecule has 0 fully saturated rings. The highest BCUT2D eigenvalue weighted by Gasteiger charge is 2.15. The van der Waals surface area contributed by atoms with Gasteiger partial charge < -0.3 is 9.47 Å². The molecule has 110 valence electrons. The van der Waals surface area contributed by atoms with Gasteiger partial charge in [0, 0.05) is 5.02 Å². The topological polar surface area (TPSA) is 35.5 Å². The van der Waals surface area contributed by atoms with E-state index in [2.05, 4.69) is 15.9 Å². The molecule has 0 N–H and O–H groups in total. The first-order chi connectivity index (χ1) is 10.0. The number of para-hydroxylation sites is 1. The van der Waals surface area contributed by atoms with Crippen molar-refractivity contribution in [3.63, 3.8) is 0 Å². The molecule has 0 aliphatic carbocycles. The molecule has 0 aliphatic rings. The largest absolute Gasteiger partial charge is 0.492 e. The van der Waals surface area contributed by atoms with Gasteiger partial charge in [0.25, 0.3) is 0 Å².